The van der Waals surface area contributed by atoms with Crippen molar-refractivity contribution in [1.29, 1.82) is 0 Å². The van der Waals surface area contributed by atoms with Crippen LogP contribution in [0.15, 0.2) is 24.4 Å². The Morgan fingerprint density at radius 2 is 2.25 bits per heavy atom. The molecule has 1 aromatic rings. The van der Waals surface area contributed by atoms with Crippen LogP contribution in [0.2, 0.25) is 0 Å². The van der Waals surface area contributed by atoms with Crippen molar-refractivity contribution in [1.82, 2.24) is 14.9 Å². The van der Waals surface area contributed by atoms with Gasteiger partial charge in [-0.2, -0.15) is 0 Å². The molecule has 3 aliphatic heterocycles. The largest absolute Gasteiger partial charge is 0.373 e. The Morgan fingerprint density at radius 3 is 3.00 bits per heavy atom. The number of pyridine rings is 1. The van der Waals surface area contributed by atoms with E-state index in [0.29, 0.717) is 18.9 Å². The van der Waals surface area contributed by atoms with Gasteiger partial charge in [-0.1, -0.05) is 6.07 Å². The predicted octanol–water partition coefficient (Wildman–Crippen LogP) is 1.61. The Kier molecular flexibility index (Phi) is 4.78. The lowest BCUT2D eigenvalue weighted by Gasteiger charge is -2.27. The molecule has 3 saturated heterocycles. The van der Waals surface area contributed by atoms with E-state index >= 15 is 0 Å². The predicted molar refractivity (Wildman–Crippen MR) is 87.8 cm³/mol. The number of nitrogens with zero attached hydrogens (tertiary/aromatic N) is 3. The minimum Gasteiger partial charge on any atom is -0.373 e. The number of carbonyl (C=O) groups excluding carboxylic acids is 1. The van der Waals surface area contributed by atoms with E-state index in [1.807, 2.05) is 18.3 Å². The lowest BCUT2D eigenvalue weighted by Crippen LogP contribution is -2.37. The molecule has 0 N–H and O–H groups in total. The first-order chi connectivity index (χ1) is 11.8. The molecule has 3 fully saturated rings. The second kappa shape index (κ2) is 7.17. The number of carbonyl (C=O) groups is 1. The Bertz CT molecular complexity index is 548. The fourth-order valence-corrected chi connectivity index (χ4v) is 4.02. The van der Waals surface area contributed by atoms with E-state index < -0.39 is 0 Å². The second-order valence-electron chi connectivity index (χ2n) is 7.05. The Balaban J connectivity index is 1.24. The molecular formula is C18H25N3O3. The summed E-state index contributed by atoms with van der Waals surface area (Å²) in [6, 6.07) is 6.04. The maximum atomic E-state index is 12.3. The van der Waals surface area contributed by atoms with Gasteiger partial charge in [0.05, 0.1) is 30.9 Å². The van der Waals surface area contributed by atoms with Crippen LogP contribution in [0, 0.1) is 5.92 Å². The SMILES string of the molecule is O=C(C[C@@H]1C[C@@H]2CN(Cc3ccccn3)C[C@@H]2O1)N1CCCCO1. The number of hydrogen-bond acceptors (Lipinski definition) is 5. The summed E-state index contributed by atoms with van der Waals surface area (Å²) >= 11 is 0. The average molecular weight is 331 g/mol. The molecule has 0 saturated carbocycles. The minimum absolute atomic E-state index is 0.0510. The van der Waals surface area contributed by atoms with Gasteiger partial charge in [-0.25, -0.2) is 5.06 Å². The van der Waals surface area contributed by atoms with Gasteiger partial charge in [0, 0.05) is 38.3 Å². The highest BCUT2D eigenvalue weighted by atomic mass is 16.7. The van der Waals surface area contributed by atoms with Crippen molar-refractivity contribution >= 4 is 5.91 Å². The van der Waals surface area contributed by atoms with Crippen molar-refractivity contribution in [2.75, 3.05) is 26.2 Å². The highest BCUT2D eigenvalue weighted by Crippen LogP contribution is 2.35. The molecule has 3 atom stereocenters. The number of fused-ring (bicyclic) bond motifs is 1. The van der Waals surface area contributed by atoms with E-state index in [9.17, 15) is 4.79 Å². The van der Waals surface area contributed by atoms with Gasteiger partial charge < -0.3 is 4.74 Å². The van der Waals surface area contributed by atoms with Gasteiger partial charge >= 0.3 is 0 Å². The summed E-state index contributed by atoms with van der Waals surface area (Å²) in [6.07, 6.45) is 5.65. The first kappa shape index (κ1) is 16.0. The smallest absolute Gasteiger partial charge is 0.248 e. The molecule has 0 radical (unpaired) electrons. The van der Waals surface area contributed by atoms with Gasteiger partial charge in [0.1, 0.15) is 0 Å². The first-order valence-corrected chi connectivity index (χ1v) is 8.99. The second-order valence-corrected chi connectivity index (χ2v) is 7.05. The summed E-state index contributed by atoms with van der Waals surface area (Å²) in [5.74, 6) is 0.610. The molecule has 3 aliphatic rings. The highest BCUT2D eigenvalue weighted by Gasteiger charge is 2.42. The van der Waals surface area contributed by atoms with E-state index in [1.165, 1.54) is 5.06 Å². The van der Waals surface area contributed by atoms with Crippen molar-refractivity contribution in [3.05, 3.63) is 30.1 Å². The van der Waals surface area contributed by atoms with Crippen molar-refractivity contribution < 1.29 is 14.4 Å². The first-order valence-electron chi connectivity index (χ1n) is 8.99. The fourth-order valence-electron chi connectivity index (χ4n) is 4.02. The lowest BCUT2D eigenvalue weighted by molar-refractivity contribution is -0.199. The monoisotopic (exact) mass is 331 g/mol. The summed E-state index contributed by atoms with van der Waals surface area (Å²) in [7, 11) is 0. The molecule has 6 heteroatoms. The highest BCUT2D eigenvalue weighted by molar-refractivity contribution is 5.75. The Hall–Kier alpha value is -1.50. The molecule has 6 nitrogen and oxygen atoms in total. The van der Waals surface area contributed by atoms with Crippen molar-refractivity contribution in [2.24, 2.45) is 5.92 Å². The van der Waals surface area contributed by atoms with E-state index in [2.05, 4.69) is 16.0 Å². The summed E-state index contributed by atoms with van der Waals surface area (Å²) < 4.78 is 6.15. The molecule has 1 aromatic heterocycles. The zero-order valence-corrected chi connectivity index (χ0v) is 14.0. The lowest BCUT2D eigenvalue weighted by atomic mass is 10.0. The van der Waals surface area contributed by atoms with Crippen molar-refractivity contribution in [2.45, 2.75) is 44.4 Å². The van der Waals surface area contributed by atoms with Crippen LogP contribution in [0.5, 0.6) is 0 Å². The molecule has 130 valence electrons. The zero-order valence-electron chi connectivity index (χ0n) is 14.0. The molecular weight excluding hydrogens is 306 g/mol. The van der Waals surface area contributed by atoms with Gasteiger partial charge in [0.2, 0.25) is 5.91 Å². The molecule has 0 aromatic carbocycles. The van der Waals surface area contributed by atoms with Gasteiger partial charge in [-0.05, 0) is 31.4 Å². The minimum atomic E-state index is 0.0510. The maximum Gasteiger partial charge on any atom is 0.248 e. The molecule has 4 rings (SSSR count). The molecule has 0 unspecified atom stereocenters. The summed E-state index contributed by atoms with van der Waals surface area (Å²) in [6.45, 7) is 4.22. The molecule has 0 bridgehead atoms. The number of aromatic nitrogens is 1. The van der Waals surface area contributed by atoms with E-state index in [-0.39, 0.29) is 18.1 Å². The Morgan fingerprint density at radius 1 is 1.29 bits per heavy atom. The number of hydrogen-bond donors (Lipinski definition) is 0. The summed E-state index contributed by atoms with van der Waals surface area (Å²) in [5, 5.41) is 1.54. The Labute approximate surface area is 142 Å². The molecule has 24 heavy (non-hydrogen) atoms. The van der Waals surface area contributed by atoms with Gasteiger partial charge in [0.25, 0.3) is 0 Å². The number of likely N-dealkylation sites (tertiary alicyclic amines) is 1. The van der Waals surface area contributed by atoms with Crippen LogP contribution in [-0.4, -0.2) is 59.3 Å². The van der Waals surface area contributed by atoms with Crippen LogP contribution in [-0.2, 0) is 20.9 Å². The van der Waals surface area contributed by atoms with Crippen LogP contribution in [0.1, 0.15) is 31.4 Å². The van der Waals surface area contributed by atoms with Gasteiger partial charge in [-0.15, -0.1) is 0 Å². The van der Waals surface area contributed by atoms with Crippen molar-refractivity contribution in [3.8, 4) is 0 Å². The van der Waals surface area contributed by atoms with E-state index in [0.717, 1.165) is 51.1 Å². The number of rotatable bonds is 4. The standard InChI is InChI=1S/C18H25N3O3/c22-18(21-7-3-4-8-23-21)10-16-9-14-11-20(13-17(14)24-16)12-15-5-1-2-6-19-15/h1-2,5-6,14,16-17H,3-4,7-13H2/t14-,16+,17+/m1/s1. The van der Waals surface area contributed by atoms with Crippen LogP contribution in [0.3, 0.4) is 0 Å². The van der Waals surface area contributed by atoms with E-state index in [1.54, 1.807) is 0 Å². The third-order valence-electron chi connectivity index (χ3n) is 5.18. The topological polar surface area (TPSA) is 54.9 Å². The summed E-state index contributed by atoms with van der Waals surface area (Å²) in [5.41, 5.74) is 1.10. The average Bonchev–Trinajstić information content (AvgIpc) is 3.14. The van der Waals surface area contributed by atoms with Crippen molar-refractivity contribution in [3.63, 3.8) is 0 Å². The molecule has 0 spiro atoms. The van der Waals surface area contributed by atoms with E-state index in [4.69, 9.17) is 9.57 Å². The van der Waals surface area contributed by atoms with Crippen LogP contribution >= 0.6 is 0 Å². The maximum absolute atomic E-state index is 12.3. The van der Waals surface area contributed by atoms with Crippen LogP contribution in [0.4, 0.5) is 0 Å². The fraction of sp³-hybridized carbons (Fsp3) is 0.667. The van der Waals surface area contributed by atoms with Crippen LogP contribution < -0.4 is 0 Å². The van der Waals surface area contributed by atoms with Gasteiger partial charge in [-0.3, -0.25) is 19.5 Å². The van der Waals surface area contributed by atoms with Crippen LogP contribution in [0.25, 0.3) is 0 Å². The number of amides is 1. The third-order valence-corrected chi connectivity index (χ3v) is 5.18. The zero-order chi connectivity index (χ0) is 16.4. The van der Waals surface area contributed by atoms with Gasteiger partial charge in [0.15, 0.2) is 0 Å². The third kappa shape index (κ3) is 3.61. The quantitative estimate of drug-likeness (QED) is 0.839. The molecule has 1 amide bonds. The number of ether oxygens (including phenoxy) is 1. The molecule has 4 heterocycles. The normalized spacial score (nSPS) is 30.5. The summed E-state index contributed by atoms with van der Waals surface area (Å²) in [4.78, 5) is 24.5. The molecule has 0 aliphatic carbocycles. The number of hydroxylamine groups is 2.